The Hall–Kier alpha value is -2.71. The third-order valence-electron chi connectivity index (χ3n) is 4.07. The summed E-state index contributed by atoms with van der Waals surface area (Å²) in [5.74, 6) is 0.167. The minimum absolute atomic E-state index is 0.119. The van der Waals surface area contributed by atoms with Gasteiger partial charge < -0.3 is 19.7 Å². The number of aromatic nitrogens is 3. The van der Waals surface area contributed by atoms with Gasteiger partial charge in [-0.15, -0.1) is 0 Å². The van der Waals surface area contributed by atoms with Crippen molar-refractivity contribution >= 4 is 17.6 Å². The fraction of sp³-hybridized carbons (Fsp3) is 0.562. The van der Waals surface area contributed by atoms with Gasteiger partial charge in [0.25, 0.3) is 0 Å². The summed E-state index contributed by atoms with van der Waals surface area (Å²) in [5, 5.41) is 12.8. The molecular weight excluding hydrogens is 326 g/mol. The van der Waals surface area contributed by atoms with E-state index in [0.717, 1.165) is 25.7 Å². The summed E-state index contributed by atoms with van der Waals surface area (Å²) in [6.45, 7) is 1.72. The molecule has 2 amide bonds. The van der Waals surface area contributed by atoms with Crippen molar-refractivity contribution in [2.45, 2.75) is 57.9 Å². The predicted molar refractivity (Wildman–Crippen MR) is 86.8 cm³/mol. The SMILES string of the molecule is Cc1cc(NC(=O)Cc2noc(C(=O)NC3CCCCCC3)n2)no1. The van der Waals surface area contributed by atoms with Gasteiger partial charge in [-0.05, 0) is 19.8 Å². The average molecular weight is 347 g/mol. The fourth-order valence-electron chi connectivity index (χ4n) is 2.84. The molecule has 2 heterocycles. The summed E-state index contributed by atoms with van der Waals surface area (Å²) < 4.78 is 9.83. The van der Waals surface area contributed by atoms with E-state index in [9.17, 15) is 9.59 Å². The van der Waals surface area contributed by atoms with E-state index in [0.29, 0.717) is 11.6 Å². The highest BCUT2D eigenvalue weighted by molar-refractivity contribution is 5.91. The van der Waals surface area contributed by atoms with Crippen molar-refractivity contribution in [2.75, 3.05) is 5.32 Å². The Balaban J connectivity index is 1.52. The van der Waals surface area contributed by atoms with Gasteiger partial charge in [0.2, 0.25) is 5.91 Å². The monoisotopic (exact) mass is 347 g/mol. The lowest BCUT2D eigenvalue weighted by atomic mass is 10.1. The van der Waals surface area contributed by atoms with E-state index in [-0.39, 0.29) is 30.1 Å². The Bertz CT molecular complexity index is 730. The normalized spacial score (nSPS) is 15.6. The standard InChI is InChI=1S/C16H21N5O4/c1-10-8-12(20-24-10)18-14(22)9-13-19-16(25-21-13)15(23)17-11-6-4-2-3-5-7-11/h8,11H,2-7,9H2,1H3,(H,17,23)(H,18,20,22). The third kappa shape index (κ3) is 4.88. The lowest BCUT2D eigenvalue weighted by Gasteiger charge is -2.14. The highest BCUT2D eigenvalue weighted by Crippen LogP contribution is 2.17. The number of carbonyl (C=O) groups excluding carboxylic acids is 2. The molecule has 0 spiro atoms. The zero-order chi connectivity index (χ0) is 17.6. The van der Waals surface area contributed by atoms with Crippen LogP contribution in [0.15, 0.2) is 15.1 Å². The van der Waals surface area contributed by atoms with Gasteiger partial charge in [-0.3, -0.25) is 9.59 Å². The lowest BCUT2D eigenvalue weighted by Crippen LogP contribution is -2.34. The molecule has 0 aliphatic heterocycles. The lowest BCUT2D eigenvalue weighted by molar-refractivity contribution is -0.115. The summed E-state index contributed by atoms with van der Waals surface area (Å²) in [7, 11) is 0. The van der Waals surface area contributed by atoms with Crippen LogP contribution in [-0.4, -0.2) is 33.2 Å². The summed E-state index contributed by atoms with van der Waals surface area (Å²) in [5.41, 5.74) is 0. The number of amides is 2. The molecule has 2 aromatic rings. The molecule has 1 aliphatic carbocycles. The van der Waals surface area contributed by atoms with Gasteiger partial charge in [-0.1, -0.05) is 36.0 Å². The molecule has 1 aliphatic rings. The first kappa shape index (κ1) is 17.1. The molecule has 9 heteroatoms. The Morgan fingerprint density at radius 1 is 1.16 bits per heavy atom. The molecule has 134 valence electrons. The van der Waals surface area contributed by atoms with Crippen molar-refractivity contribution in [3.05, 3.63) is 23.5 Å². The number of hydrogen-bond donors (Lipinski definition) is 2. The summed E-state index contributed by atoms with van der Waals surface area (Å²) in [4.78, 5) is 28.1. The molecule has 0 unspecified atom stereocenters. The van der Waals surface area contributed by atoms with Crippen molar-refractivity contribution in [2.24, 2.45) is 0 Å². The Kier molecular flexibility index (Phi) is 5.42. The van der Waals surface area contributed by atoms with Crippen LogP contribution in [0.25, 0.3) is 0 Å². The quantitative estimate of drug-likeness (QED) is 0.793. The zero-order valence-corrected chi connectivity index (χ0v) is 14.1. The van der Waals surface area contributed by atoms with Gasteiger partial charge in [0, 0.05) is 12.1 Å². The number of nitrogens with one attached hydrogen (secondary N) is 2. The predicted octanol–water partition coefficient (Wildman–Crippen LogP) is 2.00. The first-order chi connectivity index (χ1) is 12.1. The van der Waals surface area contributed by atoms with E-state index in [1.54, 1.807) is 13.0 Å². The second-order valence-corrected chi connectivity index (χ2v) is 6.23. The number of nitrogens with zero attached hydrogens (tertiary/aromatic N) is 3. The molecule has 0 atom stereocenters. The van der Waals surface area contributed by atoms with Gasteiger partial charge in [-0.25, -0.2) is 0 Å². The molecule has 0 bridgehead atoms. The number of aryl methyl sites for hydroxylation is 1. The first-order valence-electron chi connectivity index (χ1n) is 8.47. The van der Waals surface area contributed by atoms with Gasteiger partial charge in [-0.2, -0.15) is 4.98 Å². The highest BCUT2D eigenvalue weighted by atomic mass is 16.5. The van der Waals surface area contributed by atoms with Crippen molar-refractivity contribution in [1.29, 1.82) is 0 Å². The van der Waals surface area contributed by atoms with Crippen LogP contribution in [0.4, 0.5) is 5.82 Å². The van der Waals surface area contributed by atoms with Gasteiger partial charge >= 0.3 is 11.8 Å². The second kappa shape index (κ2) is 7.91. The molecule has 0 aromatic carbocycles. The van der Waals surface area contributed by atoms with Crippen molar-refractivity contribution in [3.8, 4) is 0 Å². The molecule has 2 N–H and O–H groups in total. The molecular formula is C16H21N5O4. The van der Waals surface area contributed by atoms with E-state index in [1.807, 2.05) is 0 Å². The molecule has 2 aromatic heterocycles. The fourth-order valence-corrected chi connectivity index (χ4v) is 2.84. The van der Waals surface area contributed by atoms with Crippen LogP contribution in [0.3, 0.4) is 0 Å². The number of carbonyl (C=O) groups is 2. The van der Waals surface area contributed by atoms with Crippen LogP contribution in [0.1, 0.15) is 60.8 Å². The van der Waals surface area contributed by atoms with E-state index in [4.69, 9.17) is 9.05 Å². The van der Waals surface area contributed by atoms with E-state index in [1.165, 1.54) is 12.8 Å². The Morgan fingerprint density at radius 2 is 1.92 bits per heavy atom. The van der Waals surface area contributed by atoms with Gasteiger partial charge in [0.05, 0.1) is 6.42 Å². The topological polar surface area (TPSA) is 123 Å². The van der Waals surface area contributed by atoms with E-state index < -0.39 is 5.91 Å². The molecule has 1 saturated carbocycles. The Labute approximate surface area is 144 Å². The van der Waals surface area contributed by atoms with Crippen LogP contribution in [0.2, 0.25) is 0 Å². The maximum atomic E-state index is 12.2. The maximum absolute atomic E-state index is 12.2. The summed E-state index contributed by atoms with van der Waals surface area (Å²) in [6.07, 6.45) is 6.45. The van der Waals surface area contributed by atoms with Crippen LogP contribution in [-0.2, 0) is 11.2 Å². The number of anilines is 1. The molecule has 9 nitrogen and oxygen atoms in total. The zero-order valence-electron chi connectivity index (χ0n) is 14.1. The first-order valence-corrected chi connectivity index (χ1v) is 8.47. The minimum Gasteiger partial charge on any atom is -0.360 e. The van der Waals surface area contributed by atoms with Gasteiger partial charge in [0.15, 0.2) is 11.6 Å². The summed E-state index contributed by atoms with van der Waals surface area (Å²) >= 11 is 0. The van der Waals surface area contributed by atoms with Crippen LogP contribution >= 0.6 is 0 Å². The summed E-state index contributed by atoms with van der Waals surface area (Å²) in [6, 6.07) is 1.74. The van der Waals surface area contributed by atoms with Crippen LogP contribution < -0.4 is 10.6 Å². The minimum atomic E-state index is -0.391. The number of hydrogen-bond acceptors (Lipinski definition) is 7. The van der Waals surface area contributed by atoms with Crippen molar-refractivity contribution < 1.29 is 18.6 Å². The molecule has 1 fully saturated rings. The maximum Gasteiger partial charge on any atom is 0.315 e. The van der Waals surface area contributed by atoms with Crippen LogP contribution in [0.5, 0.6) is 0 Å². The van der Waals surface area contributed by atoms with Crippen LogP contribution in [0, 0.1) is 6.92 Å². The second-order valence-electron chi connectivity index (χ2n) is 6.23. The smallest absolute Gasteiger partial charge is 0.315 e. The number of rotatable bonds is 5. The average Bonchev–Trinajstić information content (AvgIpc) is 3.11. The third-order valence-corrected chi connectivity index (χ3v) is 4.07. The molecule has 3 rings (SSSR count). The van der Waals surface area contributed by atoms with Crippen molar-refractivity contribution in [3.63, 3.8) is 0 Å². The molecule has 0 saturated heterocycles. The Morgan fingerprint density at radius 3 is 2.60 bits per heavy atom. The molecule has 0 radical (unpaired) electrons. The molecule has 25 heavy (non-hydrogen) atoms. The largest absolute Gasteiger partial charge is 0.360 e. The van der Waals surface area contributed by atoms with E-state index in [2.05, 4.69) is 25.9 Å². The van der Waals surface area contributed by atoms with Crippen molar-refractivity contribution in [1.82, 2.24) is 20.6 Å². The van der Waals surface area contributed by atoms with Gasteiger partial charge in [0.1, 0.15) is 5.76 Å². The highest BCUT2D eigenvalue weighted by Gasteiger charge is 2.21. The van der Waals surface area contributed by atoms with E-state index >= 15 is 0 Å².